The first-order valence-corrected chi connectivity index (χ1v) is 15.4. The Hall–Kier alpha value is -4.03. The average molecular weight is 591 g/mol. The lowest BCUT2D eigenvalue weighted by atomic mass is 9.92. The van der Waals surface area contributed by atoms with Gasteiger partial charge in [0, 0.05) is 11.1 Å². The van der Waals surface area contributed by atoms with Crippen LogP contribution in [0.1, 0.15) is 24.2 Å². The second-order valence-corrected chi connectivity index (χ2v) is 12.1. The van der Waals surface area contributed by atoms with Gasteiger partial charge in [0.2, 0.25) is 0 Å². The third kappa shape index (κ3) is 7.76. The van der Waals surface area contributed by atoms with Crippen LogP contribution in [0.15, 0.2) is 60.2 Å². The van der Waals surface area contributed by atoms with Crippen molar-refractivity contribution in [2.24, 2.45) is 0 Å². The molecule has 0 atom stereocenters. The molecule has 0 N–H and O–H groups in total. The Balaban J connectivity index is 2.19. The first-order valence-electron chi connectivity index (χ1n) is 11.8. The molecule has 0 aliphatic heterocycles. The minimum atomic E-state index is -3.91. The number of carbonyl (C=O) groups excluding carboxylic acids is 1. The van der Waals surface area contributed by atoms with Gasteiger partial charge >= 0.3 is 20.2 Å². The summed E-state index contributed by atoms with van der Waals surface area (Å²) in [6.07, 6.45) is 4.30. The van der Waals surface area contributed by atoms with Gasteiger partial charge in [-0.1, -0.05) is 23.8 Å². The fourth-order valence-electron chi connectivity index (χ4n) is 3.84. The number of hydrogen-bond acceptors (Lipinski definition) is 10. The number of allylic oxidation sites excluding steroid dienone is 1. The van der Waals surface area contributed by atoms with Crippen LogP contribution in [0, 0.1) is 0 Å². The molecule has 0 heterocycles. The molecule has 0 amide bonds. The molecule has 0 bridgehead atoms. The SMILES string of the molecule is COc1cc(-c2ccc(OS(C)(=O)=O)cc2)c(OC)c(C=O)c1-c1ccc(OCC=C(C)C)c(OS(C)(=O)=O)c1. The highest BCUT2D eigenvalue weighted by atomic mass is 32.2. The Morgan fingerprint density at radius 3 is 1.93 bits per heavy atom. The Morgan fingerprint density at radius 1 is 0.775 bits per heavy atom. The lowest BCUT2D eigenvalue weighted by Gasteiger charge is -2.20. The van der Waals surface area contributed by atoms with Gasteiger partial charge in [-0.25, -0.2) is 0 Å². The Morgan fingerprint density at radius 2 is 1.40 bits per heavy atom. The van der Waals surface area contributed by atoms with Gasteiger partial charge in [-0.3, -0.25) is 4.79 Å². The minimum Gasteiger partial charge on any atom is -0.496 e. The molecule has 0 unspecified atom stereocenters. The van der Waals surface area contributed by atoms with E-state index in [0.717, 1.165) is 18.1 Å². The highest BCUT2D eigenvalue weighted by Gasteiger charge is 2.23. The Bertz CT molecular complexity index is 1640. The molecule has 3 rings (SSSR count). The summed E-state index contributed by atoms with van der Waals surface area (Å²) in [5, 5.41) is 0. The van der Waals surface area contributed by atoms with Gasteiger partial charge in [-0.05, 0) is 61.4 Å². The highest BCUT2D eigenvalue weighted by Crippen LogP contribution is 2.46. The number of aldehydes is 1. The van der Waals surface area contributed by atoms with E-state index in [1.165, 1.54) is 32.4 Å². The van der Waals surface area contributed by atoms with Crippen molar-refractivity contribution in [2.75, 3.05) is 33.3 Å². The molecule has 40 heavy (non-hydrogen) atoms. The van der Waals surface area contributed by atoms with Crippen molar-refractivity contribution in [3.63, 3.8) is 0 Å². The summed E-state index contributed by atoms with van der Waals surface area (Å²) in [5.41, 5.74) is 2.99. The Kier molecular flexibility index (Phi) is 9.48. The van der Waals surface area contributed by atoms with Crippen LogP contribution < -0.4 is 22.6 Å². The van der Waals surface area contributed by atoms with Crippen molar-refractivity contribution in [3.05, 3.63) is 65.7 Å². The van der Waals surface area contributed by atoms with Crippen LogP contribution in [-0.2, 0) is 20.2 Å². The summed E-state index contributed by atoms with van der Waals surface area (Å²) >= 11 is 0. The van der Waals surface area contributed by atoms with E-state index < -0.39 is 20.2 Å². The first kappa shape index (κ1) is 30.5. The second kappa shape index (κ2) is 12.4. The summed E-state index contributed by atoms with van der Waals surface area (Å²) in [7, 11) is -4.78. The summed E-state index contributed by atoms with van der Waals surface area (Å²) < 4.78 is 74.0. The second-order valence-electron chi connectivity index (χ2n) is 8.92. The topological polar surface area (TPSA) is 132 Å². The van der Waals surface area contributed by atoms with Gasteiger partial charge in [-0.2, -0.15) is 16.8 Å². The maximum atomic E-state index is 12.4. The van der Waals surface area contributed by atoms with Gasteiger partial charge in [0.1, 0.15) is 23.9 Å². The van der Waals surface area contributed by atoms with Gasteiger partial charge < -0.3 is 22.6 Å². The molecule has 3 aromatic rings. The molecular formula is C28H30O10S2. The molecule has 12 heteroatoms. The molecule has 0 spiro atoms. The predicted octanol–water partition coefficient (Wildman–Crippen LogP) is 4.87. The van der Waals surface area contributed by atoms with Crippen molar-refractivity contribution in [1.82, 2.24) is 0 Å². The lowest BCUT2D eigenvalue weighted by molar-refractivity contribution is 0.112. The van der Waals surface area contributed by atoms with Gasteiger partial charge in [0.25, 0.3) is 0 Å². The fraction of sp³-hybridized carbons (Fsp3) is 0.250. The lowest BCUT2D eigenvalue weighted by Crippen LogP contribution is -2.08. The van der Waals surface area contributed by atoms with E-state index >= 15 is 0 Å². The minimum absolute atomic E-state index is 0.0643. The van der Waals surface area contributed by atoms with Gasteiger partial charge in [0.15, 0.2) is 17.8 Å². The zero-order chi connectivity index (χ0) is 29.7. The van der Waals surface area contributed by atoms with Crippen LogP contribution in [0.4, 0.5) is 0 Å². The molecular weight excluding hydrogens is 560 g/mol. The van der Waals surface area contributed by atoms with Crippen LogP contribution >= 0.6 is 0 Å². The normalized spacial score (nSPS) is 11.3. The van der Waals surface area contributed by atoms with Gasteiger partial charge in [0.05, 0.1) is 32.3 Å². The molecule has 0 saturated carbocycles. The maximum absolute atomic E-state index is 12.4. The number of carbonyl (C=O) groups is 1. The van der Waals surface area contributed by atoms with E-state index in [1.807, 2.05) is 19.9 Å². The molecule has 0 aliphatic rings. The molecule has 0 saturated heterocycles. The van der Waals surface area contributed by atoms with Crippen molar-refractivity contribution >= 4 is 26.5 Å². The standard InChI is InChI=1S/C28H30O10S2/c1-18(2)13-14-36-24-12-9-20(15-25(24)38-40(6,32)33)27-23(17-29)28(35-4)22(16-26(27)34-3)19-7-10-21(11-8-19)37-39(5,30)31/h7-13,15-17H,14H2,1-6H3. The number of methoxy groups -OCH3 is 2. The largest absolute Gasteiger partial charge is 0.496 e. The van der Waals surface area contributed by atoms with Gasteiger partial charge in [-0.15, -0.1) is 0 Å². The monoisotopic (exact) mass is 590 g/mol. The first-order chi connectivity index (χ1) is 18.8. The smallest absolute Gasteiger partial charge is 0.306 e. The zero-order valence-corrected chi connectivity index (χ0v) is 24.5. The molecule has 0 aromatic heterocycles. The highest BCUT2D eigenvalue weighted by molar-refractivity contribution is 7.86. The van der Waals surface area contributed by atoms with Crippen LogP contribution in [-0.4, -0.2) is 56.5 Å². The molecule has 0 aliphatic carbocycles. The van der Waals surface area contributed by atoms with E-state index in [1.54, 1.807) is 30.3 Å². The van der Waals surface area contributed by atoms with Crippen LogP contribution in [0.5, 0.6) is 28.7 Å². The zero-order valence-electron chi connectivity index (χ0n) is 22.9. The summed E-state index contributed by atoms with van der Waals surface area (Å²) in [5.74, 6) is 0.758. The number of hydrogen-bond donors (Lipinski definition) is 0. The van der Waals surface area contributed by atoms with E-state index in [0.29, 0.717) is 28.5 Å². The predicted molar refractivity (Wildman–Crippen MR) is 152 cm³/mol. The molecule has 0 radical (unpaired) electrons. The summed E-state index contributed by atoms with van der Waals surface area (Å²) in [6, 6.07) is 12.5. The van der Waals surface area contributed by atoms with Crippen LogP contribution in [0.2, 0.25) is 0 Å². The number of benzene rings is 3. The van der Waals surface area contributed by atoms with Crippen molar-refractivity contribution < 1.29 is 44.2 Å². The van der Waals surface area contributed by atoms with Crippen molar-refractivity contribution in [1.29, 1.82) is 0 Å². The Labute approximate surface area is 234 Å². The maximum Gasteiger partial charge on any atom is 0.306 e. The van der Waals surface area contributed by atoms with E-state index in [9.17, 15) is 21.6 Å². The molecule has 0 fully saturated rings. The van der Waals surface area contributed by atoms with Crippen LogP contribution in [0.3, 0.4) is 0 Å². The number of ether oxygens (including phenoxy) is 3. The average Bonchev–Trinajstić information content (AvgIpc) is 2.86. The van der Waals surface area contributed by atoms with Crippen molar-refractivity contribution in [3.8, 4) is 51.0 Å². The molecule has 10 nitrogen and oxygen atoms in total. The number of rotatable bonds is 12. The van der Waals surface area contributed by atoms with Crippen molar-refractivity contribution in [2.45, 2.75) is 13.8 Å². The summed E-state index contributed by atoms with van der Waals surface area (Å²) in [6.45, 7) is 4.01. The molecule has 3 aromatic carbocycles. The third-order valence-corrected chi connectivity index (χ3v) is 6.42. The van der Waals surface area contributed by atoms with E-state index in [-0.39, 0.29) is 40.9 Å². The van der Waals surface area contributed by atoms with E-state index in [2.05, 4.69) is 0 Å². The van der Waals surface area contributed by atoms with E-state index in [4.69, 9.17) is 22.6 Å². The quantitative estimate of drug-likeness (QED) is 0.163. The molecule has 214 valence electrons. The summed E-state index contributed by atoms with van der Waals surface area (Å²) in [4.78, 5) is 12.4. The fourth-order valence-corrected chi connectivity index (χ4v) is 4.76. The van der Waals surface area contributed by atoms with Crippen LogP contribution in [0.25, 0.3) is 22.3 Å². The third-order valence-electron chi connectivity index (χ3n) is 5.44.